The Bertz CT molecular complexity index is 534. The maximum atomic E-state index is 12.8. The van der Waals surface area contributed by atoms with E-state index < -0.39 is 34.7 Å². The van der Waals surface area contributed by atoms with Gasteiger partial charge in [0.1, 0.15) is 23.1 Å². The number of ether oxygens (including phenoxy) is 1. The van der Waals surface area contributed by atoms with Gasteiger partial charge in [0, 0.05) is 5.56 Å². The van der Waals surface area contributed by atoms with Gasteiger partial charge in [-0.2, -0.15) is 18.3 Å². The van der Waals surface area contributed by atoms with Gasteiger partial charge < -0.3 is 14.8 Å². The standard InChI is InChI=1S/C12H16F3N3O3/c1-10(2,3)21-9(20)17-11(4,6-19)7-5-16-18-8(7)12(13,14)15/h5-6H,1-4H3,(H,16,18)(H,17,20). The summed E-state index contributed by atoms with van der Waals surface area (Å²) >= 11 is 0. The van der Waals surface area contributed by atoms with Crippen LogP contribution < -0.4 is 5.32 Å². The van der Waals surface area contributed by atoms with Crippen LogP contribution >= 0.6 is 0 Å². The molecule has 0 saturated heterocycles. The van der Waals surface area contributed by atoms with E-state index >= 15 is 0 Å². The lowest BCUT2D eigenvalue weighted by atomic mass is 9.94. The minimum absolute atomic E-state index is 0.191. The molecule has 1 unspecified atom stereocenters. The highest BCUT2D eigenvalue weighted by molar-refractivity contribution is 5.78. The van der Waals surface area contributed by atoms with Gasteiger partial charge in [-0.3, -0.25) is 5.10 Å². The molecule has 1 heterocycles. The summed E-state index contributed by atoms with van der Waals surface area (Å²) in [5.41, 5.74) is -4.46. The largest absolute Gasteiger partial charge is 0.444 e. The number of nitrogens with zero attached hydrogens (tertiary/aromatic N) is 1. The molecule has 1 aromatic heterocycles. The fourth-order valence-corrected chi connectivity index (χ4v) is 1.57. The van der Waals surface area contributed by atoms with Crippen molar-refractivity contribution in [2.24, 2.45) is 0 Å². The molecule has 0 radical (unpaired) electrons. The second-order valence-corrected chi connectivity index (χ2v) is 5.60. The van der Waals surface area contributed by atoms with Crippen LogP contribution in [0.3, 0.4) is 0 Å². The van der Waals surface area contributed by atoms with Gasteiger partial charge in [-0.1, -0.05) is 0 Å². The predicted molar refractivity (Wildman–Crippen MR) is 66.4 cm³/mol. The van der Waals surface area contributed by atoms with Crippen molar-refractivity contribution < 1.29 is 27.5 Å². The molecule has 0 spiro atoms. The summed E-state index contributed by atoms with van der Waals surface area (Å²) in [4.78, 5) is 22.9. The molecule has 118 valence electrons. The first-order chi connectivity index (χ1) is 9.39. The van der Waals surface area contributed by atoms with Crippen LogP contribution in [-0.4, -0.2) is 28.2 Å². The molecule has 0 aromatic carbocycles. The zero-order valence-corrected chi connectivity index (χ0v) is 12.0. The van der Waals surface area contributed by atoms with Crippen molar-refractivity contribution in [2.75, 3.05) is 0 Å². The molecule has 2 N–H and O–H groups in total. The van der Waals surface area contributed by atoms with E-state index in [1.54, 1.807) is 25.9 Å². The van der Waals surface area contributed by atoms with Gasteiger partial charge in [0.2, 0.25) is 0 Å². The average Bonchev–Trinajstić information content (AvgIpc) is 2.74. The topological polar surface area (TPSA) is 84.1 Å². The van der Waals surface area contributed by atoms with Crippen LogP contribution in [0.2, 0.25) is 0 Å². The lowest BCUT2D eigenvalue weighted by Crippen LogP contribution is -2.47. The van der Waals surface area contributed by atoms with Gasteiger partial charge in [0.05, 0.1) is 6.20 Å². The minimum atomic E-state index is -4.73. The van der Waals surface area contributed by atoms with E-state index in [9.17, 15) is 22.8 Å². The Morgan fingerprint density at radius 2 is 1.90 bits per heavy atom. The number of alkyl carbamates (subject to hydrolysis) is 1. The zero-order valence-electron chi connectivity index (χ0n) is 12.0. The lowest BCUT2D eigenvalue weighted by Gasteiger charge is -2.27. The van der Waals surface area contributed by atoms with Crippen LogP contribution in [0.4, 0.5) is 18.0 Å². The fraction of sp³-hybridized carbons (Fsp3) is 0.583. The maximum absolute atomic E-state index is 12.8. The van der Waals surface area contributed by atoms with Gasteiger partial charge in [-0.25, -0.2) is 4.79 Å². The summed E-state index contributed by atoms with van der Waals surface area (Å²) in [6.45, 7) is 5.89. The fourth-order valence-electron chi connectivity index (χ4n) is 1.57. The maximum Gasteiger partial charge on any atom is 0.433 e. The van der Waals surface area contributed by atoms with Gasteiger partial charge in [0.15, 0.2) is 0 Å². The number of nitrogens with one attached hydrogen (secondary N) is 2. The number of H-pyrrole nitrogens is 1. The van der Waals surface area contributed by atoms with E-state index in [1.807, 2.05) is 0 Å². The number of carbonyl (C=O) groups excluding carboxylic acids is 2. The molecule has 9 heteroatoms. The quantitative estimate of drug-likeness (QED) is 0.840. The predicted octanol–water partition coefficient (Wildman–Crippen LogP) is 2.37. The molecule has 1 atom stereocenters. The van der Waals surface area contributed by atoms with Crippen molar-refractivity contribution >= 4 is 12.4 Å². The molecular weight excluding hydrogens is 291 g/mol. The number of hydrogen-bond acceptors (Lipinski definition) is 4. The monoisotopic (exact) mass is 307 g/mol. The SMILES string of the molecule is CC(C)(C)OC(=O)NC(C)(C=O)c1cn[nH]c1C(F)(F)F. The first kappa shape index (κ1) is 17.0. The van der Waals surface area contributed by atoms with Crippen LogP contribution in [0.25, 0.3) is 0 Å². The van der Waals surface area contributed by atoms with Crippen molar-refractivity contribution in [3.8, 4) is 0 Å². The summed E-state index contributed by atoms with van der Waals surface area (Å²) in [5, 5.41) is 7.20. The number of amides is 1. The normalized spacial score (nSPS) is 15.2. The highest BCUT2D eigenvalue weighted by atomic mass is 19.4. The second-order valence-electron chi connectivity index (χ2n) is 5.60. The first-order valence-electron chi connectivity index (χ1n) is 5.97. The third-order valence-corrected chi connectivity index (χ3v) is 2.48. The second kappa shape index (κ2) is 5.38. The minimum Gasteiger partial charge on any atom is -0.444 e. The van der Waals surface area contributed by atoms with E-state index in [1.165, 1.54) is 0 Å². The Hall–Kier alpha value is -2.06. The Morgan fingerprint density at radius 3 is 2.33 bits per heavy atom. The Labute approximate surface area is 119 Å². The number of carbonyl (C=O) groups is 2. The Balaban J connectivity index is 3.09. The van der Waals surface area contributed by atoms with E-state index in [4.69, 9.17) is 4.74 Å². The van der Waals surface area contributed by atoms with Crippen molar-refractivity contribution in [3.05, 3.63) is 17.5 Å². The molecule has 1 aromatic rings. The van der Waals surface area contributed by atoms with E-state index in [0.717, 1.165) is 13.1 Å². The highest BCUT2D eigenvalue weighted by Gasteiger charge is 2.43. The number of halogens is 3. The molecule has 0 saturated carbocycles. The summed E-state index contributed by atoms with van der Waals surface area (Å²) in [6, 6.07) is 0. The first-order valence-corrected chi connectivity index (χ1v) is 5.97. The third-order valence-electron chi connectivity index (χ3n) is 2.48. The Morgan fingerprint density at radius 1 is 1.33 bits per heavy atom. The van der Waals surface area contributed by atoms with E-state index in [-0.39, 0.29) is 6.29 Å². The molecule has 0 fully saturated rings. The number of rotatable bonds is 3. The van der Waals surface area contributed by atoms with Crippen LogP contribution in [0.1, 0.15) is 39.0 Å². The molecular formula is C12H16F3N3O3. The van der Waals surface area contributed by atoms with Crippen molar-refractivity contribution in [2.45, 2.75) is 45.0 Å². The lowest BCUT2D eigenvalue weighted by molar-refractivity contribution is -0.142. The molecule has 6 nitrogen and oxygen atoms in total. The van der Waals surface area contributed by atoms with Crippen LogP contribution in [0.5, 0.6) is 0 Å². The number of aromatic amines is 1. The van der Waals surface area contributed by atoms with Gasteiger partial charge >= 0.3 is 12.3 Å². The zero-order chi connectivity index (χ0) is 16.5. The Kier molecular flexibility index (Phi) is 4.35. The molecule has 1 rings (SSSR count). The highest BCUT2D eigenvalue weighted by Crippen LogP contribution is 2.34. The average molecular weight is 307 g/mol. The van der Waals surface area contributed by atoms with E-state index in [0.29, 0.717) is 0 Å². The molecule has 0 aliphatic heterocycles. The third kappa shape index (κ3) is 4.20. The van der Waals surface area contributed by atoms with Crippen LogP contribution in [-0.2, 0) is 21.2 Å². The summed E-state index contributed by atoms with van der Waals surface area (Å²) in [5.74, 6) is 0. The number of aromatic nitrogens is 2. The molecule has 0 bridgehead atoms. The van der Waals surface area contributed by atoms with Gasteiger partial charge in [-0.15, -0.1) is 0 Å². The number of alkyl halides is 3. The van der Waals surface area contributed by atoms with E-state index in [2.05, 4.69) is 10.4 Å². The summed E-state index contributed by atoms with van der Waals surface area (Å²) in [7, 11) is 0. The molecule has 0 aliphatic rings. The van der Waals surface area contributed by atoms with Crippen molar-refractivity contribution in [1.82, 2.24) is 15.5 Å². The summed E-state index contributed by atoms with van der Waals surface area (Å²) < 4.78 is 43.4. The van der Waals surface area contributed by atoms with Gasteiger partial charge in [0.25, 0.3) is 0 Å². The number of aldehydes is 1. The number of hydrogen-bond donors (Lipinski definition) is 2. The molecule has 1 amide bonds. The van der Waals surface area contributed by atoms with Gasteiger partial charge in [-0.05, 0) is 27.7 Å². The molecule has 0 aliphatic carbocycles. The van der Waals surface area contributed by atoms with Crippen molar-refractivity contribution in [3.63, 3.8) is 0 Å². The molecule has 21 heavy (non-hydrogen) atoms. The van der Waals surface area contributed by atoms with Crippen LogP contribution in [0, 0.1) is 0 Å². The van der Waals surface area contributed by atoms with Crippen LogP contribution in [0.15, 0.2) is 6.20 Å². The summed E-state index contributed by atoms with van der Waals surface area (Å²) in [6.07, 6.45) is -4.71. The van der Waals surface area contributed by atoms with Crippen molar-refractivity contribution in [1.29, 1.82) is 0 Å². The smallest absolute Gasteiger partial charge is 0.433 e.